The zero-order chi connectivity index (χ0) is 14.8. The number of carbonyl (C=O) groups is 1. The molecule has 2 heterocycles. The quantitative estimate of drug-likeness (QED) is 0.691. The van der Waals surface area contributed by atoms with Crippen LogP contribution in [0.2, 0.25) is 0 Å². The highest BCUT2D eigenvalue weighted by molar-refractivity contribution is 7.17. The van der Waals surface area contributed by atoms with Crippen molar-refractivity contribution in [3.05, 3.63) is 53.0 Å². The largest absolute Gasteiger partial charge is 0.497 e. The molecule has 0 aliphatic carbocycles. The molecule has 0 spiro atoms. The first-order chi connectivity index (χ1) is 10.2. The summed E-state index contributed by atoms with van der Waals surface area (Å²) < 4.78 is 11.4. The molecular weight excluding hydrogens is 286 g/mol. The van der Waals surface area contributed by atoms with Gasteiger partial charge in [-0.3, -0.25) is 9.78 Å². The number of thiophene rings is 1. The number of ether oxygens (including phenoxy) is 2. The minimum absolute atomic E-state index is 0.114. The lowest BCUT2D eigenvalue weighted by atomic mass is 10.0. The van der Waals surface area contributed by atoms with E-state index in [0.717, 1.165) is 10.2 Å². The van der Waals surface area contributed by atoms with E-state index in [9.17, 15) is 4.79 Å². The topological polar surface area (TPSA) is 48.4 Å². The number of fused-ring (bicyclic) bond motifs is 1. The van der Waals surface area contributed by atoms with Gasteiger partial charge in [0.2, 0.25) is 0 Å². The van der Waals surface area contributed by atoms with Gasteiger partial charge in [0, 0.05) is 17.8 Å². The Kier molecular flexibility index (Phi) is 3.58. The predicted octanol–water partition coefficient (Wildman–Crippen LogP) is 3.54. The number of nitrogens with zero attached hydrogens (tertiary/aromatic N) is 1. The van der Waals surface area contributed by atoms with Crippen molar-refractivity contribution in [2.75, 3.05) is 14.2 Å². The number of benzene rings is 1. The van der Waals surface area contributed by atoms with E-state index in [0.29, 0.717) is 22.6 Å². The first-order valence-corrected chi connectivity index (χ1v) is 7.21. The average Bonchev–Trinajstić information content (AvgIpc) is 3.01. The SMILES string of the molecule is COc1ccc(C(=O)c2cnc3ccsc3c2)c(OC)c1. The molecular formula is C16H13NO3S. The molecule has 3 aromatic rings. The van der Waals surface area contributed by atoms with Gasteiger partial charge in [-0.25, -0.2) is 0 Å². The number of rotatable bonds is 4. The molecule has 21 heavy (non-hydrogen) atoms. The summed E-state index contributed by atoms with van der Waals surface area (Å²) in [5, 5.41) is 1.96. The Morgan fingerprint density at radius 1 is 1.14 bits per heavy atom. The molecule has 2 aromatic heterocycles. The van der Waals surface area contributed by atoms with Crippen LogP contribution >= 0.6 is 11.3 Å². The molecule has 0 saturated heterocycles. The summed E-state index contributed by atoms with van der Waals surface area (Å²) in [5.41, 5.74) is 1.95. The van der Waals surface area contributed by atoms with E-state index < -0.39 is 0 Å². The van der Waals surface area contributed by atoms with Crippen molar-refractivity contribution < 1.29 is 14.3 Å². The standard InChI is InChI=1S/C16H13NO3S/c1-19-11-3-4-12(14(8-11)20-2)16(18)10-7-15-13(17-9-10)5-6-21-15/h3-9H,1-2H3. The predicted molar refractivity (Wildman–Crippen MR) is 82.6 cm³/mol. The van der Waals surface area contributed by atoms with Gasteiger partial charge in [0.25, 0.3) is 0 Å². The Morgan fingerprint density at radius 2 is 2.00 bits per heavy atom. The van der Waals surface area contributed by atoms with Crippen LogP contribution in [0.5, 0.6) is 11.5 Å². The van der Waals surface area contributed by atoms with E-state index in [-0.39, 0.29) is 5.78 Å². The number of aromatic nitrogens is 1. The maximum absolute atomic E-state index is 12.6. The fourth-order valence-corrected chi connectivity index (χ4v) is 2.89. The van der Waals surface area contributed by atoms with Crippen molar-refractivity contribution in [2.45, 2.75) is 0 Å². The van der Waals surface area contributed by atoms with E-state index in [1.165, 1.54) is 7.11 Å². The van der Waals surface area contributed by atoms with Crippen molar-refractivity contribution in [1.82, 2.24) is 4.98 Å². The van der Waals surface area contributed by atoms with Crippen LogP contribution in [0.3, 0.4) is 0 Å². The lowest BCUT2D eigenvalue weighted by Gasteiger charge is -2.09. The van der Waals surface area contributed by atoms with E-state index in [4.69, 9.17) is 9.47 Å². The van der Waals surface area contributed by atoms with Crippen LogP contribution in [0.15, 0.2) is 41.9 Å². The molecule has 106 valence electrons. The van der Waals surface area contributed by atoms with Crippen molar-refractivity contribution in [2.24, 2.45) is 0 Å². The molecule has 0 amide bonds. The summed E-state index contributed by atoms with van der Waals surface area (Å²) in [4.78, 5) is 16.9. The minimum Gasteiger partial charge on any atom is -0.497 e. The third-order valence-corrected chi connectivity index (χ3v) is 4.07. The first kappa shape index (κ1) is 13.6. The Hall–Kier alpha value is -2.40. The van der Waals surface area contributed by atoms with E-state index >= 15 is 0 Å². The third kappa shape index (κ3) is 2.48. The van der Waals surface area contributed by atoms with Crippen LogP contribution < -0.4 is 9.47 Å². The maximum Gasteiger partial charge on any atom is 0.198 e. The van der Waals surface area contributed by atoms with Crippen LogP contribution in [0.1, 0.15) is 15.9 Å². The molecule has 0 N–H and O–H groups in total. The minimum atomic E-state index is -0.114. The fraction of sp³-hybridized carbons (Fsp3) is 0.125. The molecule has 0 bridgehead atoms. The average molecular weight is 299 g/mol. The summed E-state index contributed by atoms with van der Waals surface area (Å²) in [7, 11) is 3.11. The Bertz CT molecular complexity index is 810. The molecule has 0 aliphatic rings. The highest BCUT2D eigenvalue weighted by atomic mass is 32.1. The molecule has 3 rings (SSSR count). The van der Waals surface area contributed by atoms with Crippen LogP contribution in [-0.2, 0) is 0 Å². The van der Waals surface area contributed by atoms with Crippen molar-refractivity contribution >= 4 is 27.3 Å². The van der Waals surface area contributed by atoms with Gasteiger partial charge in [-0.2, -0.15) is 0 Å². The van der Waals surface area contributed by atoms with Gasteiger partial charge in [-0.15, -0.1) is 11.3 Å². The number of hydrogen-bond donors (Lipinski definition) is 0. The molecule has 5 heteroatoms. The Balaban J connectivity index is 2.04. The molecule has 4 nitrogen and oxygen atoms in total. The van der Waals surface area contributed by atoms with E-state index in [1.54, 1.807) is 42.8 Å². The number of pyridine rings is 1. The summed E-state index contributed by atoms with van der Waals surface area (Å²) >= 11 is 1.56. The second-order valence-electron chi connectivity index (χ2n) is 4.42. The number of ketones is 1. The molecule has 1 aromatic carbocycles. The van der Waals surface area contributed by atoms with Gasteiger partial charge in [0.15, 0.2) is 5.78 Å². The molecule has 0 atom stereocenters. The molecule has 0 aliphatic heterocycles. The molecule has 0 fully saturated rings. The second kappa shape index (κ2) is 5.54. The van der Waals surface area contributed by atoms with E-state index in [2.05, 4.69) is 4.98 Å². The molecule has 0 saturated carbocycles. The normalized spacial score (nSPS) is 10.6. The third-order valence-electron chi connectivity index (χ3n) is 3.22. The Labute approximate surface area is 126 Å². The molecule has 0 unspecified atom stereocenters. The second-order valence-corrected chi connectivity index (χ2v) is 5.37. The van der Waals surface area contributed by atoms with Crippen molar-refractivity contribution in [3.63, 3.8) is 0 Å². The van der Waals surface area contributed by atoms with Gasteiger partial charge >= 0.3 is 0 Å². The van der Waals surface area contributed by atoms with Gasteiger partial charge < -0.3 is 9.47 Å². The zero-order valence-electron chi connectivity index (χ0n) is 11.6. The number of methoxy groups -OCH3 is 2. The fourth-order valence-electron chi connectivity index (χ4n) is 2.11. The van der Waals surface area contributed by atoms with Crippen LogP contribution in [0.4, 0.5) is 0 Å². The zero-order valence-corrected chi connectivity index (χ0v) is 12.4. The lowest BCUT2D eigenvalue weighted by molar-refractivity contribution is 0.103. The summed E-state index contributed by atoms with van der Waals surface area (Å²) in [6.07, 6.45) is 1.60. The van der Waals surface area contributed by atoms with Gasteiger partial charge in [-0.1, -0.05) is 0 Å². The molecule has 0 radical (unpaired) electrons. The van der Waals surface area contributed by atoms with Crippen LogP contribution in [-0.4, -0.2) is 25.0 Å². The van der Waals surface area contributed by atoms with Gasteiger partial charge in [-0.05, 0) is 29.6 Å². The summed E-state index contributed by atoms with van der Waals surface area (Å²) in [5.74, 6) is 1.03. The summed E-state index contributed by atoms with van der Waals surface area (Å²) in [6.45, 7) is 0. The summed E-state index contributed by atoms with van der Waals surface area (Å²) in [6, 6.07) is 8.94. The van der Waals surface area contributed by atoms with Crippen LogP contribution in [0.25, 0.3) is 10.2 Å². The highest BCUT2D eigenvalue weighted by Gasteiger charge is 2.16. The lowest BCUT2D eigenvalue weighted by Crippen LogP contribution is -2.04. The Morgan fingerprint density at radius 3 is 2.76 bits per heavy atom. The smallest absolute Gasteiger partial charge is 0.198 e. The van der Waals surface area contributed by atoms with Gasteiger partial charge in [0.1, 0.15) is 11.5 Å². The number of hydrogen-bond acceptors (Lipinski definition) is 5. The van der Waals surface area contributed by atoms with Crippen molar-refractivity contribution in [1.29, 1.82) is 0 Å². The van der Waals surface area contributed by atoms with Gasteiger partial charge in [0.05, 0.1) is 30.0 Å². The van der Waals surface area contributed by atoms with E-state index in [1.807, 2.05) is 17.5 Å². The monoisotopic (exact) mass is 299 g/mol. The highest BCUT2D eigenvalue weighted by Crippen LogP contribution is 2.28. The first-order valence-electron chi connectivity index (χ1n) is 6.33. The number of carbonyl (C=O) groups excluding carboxylic acids is 1. The van der Waals surface area contributed by atoms with Crippen molar-refractivity contribution in [3.8, 4) is 11.5 Å². The van der Waals surface area contributed by atoms with Crippen LogP contribution in [0, 0.1) is 0 Å². The maximum atomic E-state index is 12.6.